The highest BCUT2D eigenvalue weighted by molar-refractivity contribution is 5.79. The lowest BCUT2D eigenvalue weighted by Crippen LogP contribution is -2.17. The van der Waals surface area contributed by atoms with Crippen molar-refractivity contribution in [1.82, 2.24) is 4.90 Å². The van der Waals surface area contributed by atoms with E-state index in [2.05, 4.69) is 11.6 Å². The maximum Gasteiger partial charge on any atom is 0.100 e. The molecule has 0 N–H and O–H groups in total. The molecule has 10 heavy (non-hydrogen) atoms. The van der Waals surface area contributed by atoms with Gasteiger partial charge >= 0.3 is 0 Å². The number of amidine groups is 1. The van der Waals surface area contributed by atoms with Gasteiger partial charge in [-0.1, -0.05) is 12.7 Å². The minimum absolute atomic E-state index is 0.984. The average Bonchev–Trinajstić information content (AvgIpc) is 1.88. The second-order valence-electron chi connectivity index (χ2n) is 2.15. The molecule has 0 bridgehead atoms. The molecule has 2 heteroatoms. The Bertz CT molecular complexity index is 155. The van der Waals surface area contributed by atoms with E-state index in [1.54, 1.807) is 18.4 Å². The zero-order valence-corrected chi connectivity index (χ0v) is 6.83. The first-order valence-electron chi connectivity index (χ1n) is 3.17. The summed E-state index contributed by atoms with van der Waals surface area (Å²) in [6.45, 7) is 5.48. The monoisotopic (exact) mass is 138 g/mol. The summed E-state index contributed by atoms with van der Waals surface area (Å²) < 4.78 is 0. The largest absolute Gasteiger partial charge is 0.366 e. The molecule has 0 heterocycles. The van der Waals surface area contributed by atoms with Crippen LogP contribution in [0.3, 0.4) is 0 Å². The average molecular weight is 138 g/mol. The van der Waals surface area contributed by atoms with Gasteiger partial charge in [-0.25, -0.2) is 4.99 Å². The summed E-state index contributed by atoms with van der Waals surface area (Å²) in [6, 6.07) is 0. The Morgan fingerprint density at radius 1 is 1.50 bits per heavy atom. The minimum Gasteiger partial charge on any atom is -0.366 e. The fourth-order valence-electron chi connectivity index (χ4n) is 0.327. The zero-order valence-electron chi connectivity index (χ0n) is 6.83. The number of allylic oxidation sites excluding steroid dienone is 2. The first-order valence-corrected chi connectivity index (χ1v) is 3.17. The van der Waals surface area contributed by atoms with Crippen LogP contribution in [0.4, 0.5) is 0 Å². The molecule has 0 spiro atoms. The standard InChI is InChI=1S/C8H14N2/c1-5-6-7-9-8(2)10(3)4/h5-7H,1H2,2-4H3/b7-6-,9-8?. The van der Waals surface area contributed by atoms with E-state index in [-0.39, 0.29) is 0 Å². The molecule has 0 unspecified atom stereocenters. The summed E-state index contributed by atoms with van der Waals surface area (Å²) in [5, 5.41) is 0. The van der Waals surface area contributed by atoms with Crippen molar-refractivity contribution >= 4 is 5.84 Å². The third-order valence-electron chi connectivity index (χ3n) is 1.13. The molecule has 0 fully saturated rings. The first-order chi connectivity index (χ1) is 4.68. The van der Waals surface area contributed by atoms with E-state index >= 15 is 0 Å². The van der Waals surface area contributed by atoms with Crippen LogP contribution in [0.15, 0.2) is 29.9 Å². The van der Waals surface area contributed by atoms with E-state index in [9.17, 15) is 0 Å². The molecule has 0 rings (SSSR count). The summed E-state index contributed by atoms with van der Waals surface area (Å²) in [6.07, 6.45) is 5.22. The molecule has 0 aliphatic rings. The van der Waals surface area contributed by atoms with Crippen molar-refractivity contribution in [2.24, 2.45) is 4.99 Å². The molecule has 0 aromatic carbocycles. The van der Waals surface area contributed by atoms with Gasteiger partial charge in [0.25, 0.3) is 0 Å². The number of aliphatic imine (C=N–C) groups is 1. The van der Waals surface area contributed by atoms with Crippen molar-refractivity contribution in [2.45, 2.75) is 6.92 Å². The van der Waals surface area contributed by atoms with Crippen LogP contribution in [-0.4, -0.2) is 24.8 Å². The van der Waals surface area contributed by atoms with Gasteiger partial charge in [-0.3, -0.25) is 0 Å². The van der Waals surface area contributed by atoms with Crippen molar-refractivity contribution in [3.8, 4) is 0 Å². The topological polar surface area (TPSA) is 15.6 Å². The van der Waals surface area contributed by atoms with Crippen LogP contribution in [0.2, 0.25) is 0 Å². The maximum atomic E-state index is 4.10. The molecule has 0 atom stereocenters. The molecule has 0 aromatic heterocycles. The molecule has 0 amide bonds. The lowest BCUT2D eigenvalue weighted by Gasteiger charge is -2.08. The van der Waals surface area contributed by atoms with Crippen LogP contribution in [0, 0.1) is 0 Å². The van der Waals surface area contributed by atoms with E-state index in [0.29, 0.717) is 0 Å². The number of hydrogen-bond donors (Lipinski definition) is 0. The highest BCUT2D eigenvalue weighted by Gasteiger charge is 1.86. The smallest absolute Gasteiger partial charge is 0.100 e. The Hall–Kier alpha value is -1.05. The van der Waals surface area contributed by atoms with Crippen LogP contribution in [0.5, 0.6) is 0 Å². The molecule has 0 aromatic rings. The van der Waals surface area contributed by atoms with Crippen LogP contribution in [-0.2, 0) is 0 Å². The van der Waals surface area contributed by atoms with E-state index < -0.39 is 0 Å². The second kappa shape index (κ2) is 4.79. The Balaban J connectivity index is 3.91. The zero-order chi connectivity index (χ0) is 7.98. The third-order valence-corrected chi connectivity index (χ3v) is 1.13. The Labute approximate surface area is 62.6 Å². The number of nitrogens with zero attached hydrogens (tertiary/aromatic N) is 2. The normalized spacial score (nSPS) is 12.1. The van der Waals surface area contributed by atoms with Gasteiger partial charge in [0.1, 0.15) is 5.84 Å². The highest BCUT2D eigenvalue weighted by Crippen LogP contribution is 1.83. The van der Waals surface area contributed by atoms with Gasteiger partial charge in [-0.2, -0.15) is 0 Å². The SMILES string of the molecule is C=C/C=C\N=C(C)N(C)C. The van der Waals surface area contributed by atoms with Gasteiger partial charge in [0.05, 0.1) is 0 Å². The summed E-state index contributed by atoms with van der Waals surface area (Å²) in [4.78, 5) is 6.06. The van der Waals surface area contributed by atoms with Gasteiger partial charge in [0.2, 0.25) is 0 Å². The van der Waals surface area contributed by atoms with E-state index in [1.165, 1.54) is 0 Å². The lowest BCUT2D eigenvalue weighted by molar-refractivity contribution is 0.618. The Kier molecular flexibility index (Phi) is 4.29. The minimum atomic E-state index is 0.984. The Morgan fingerprint density at radius 3 is 2.50 bits per heavy atom. The molecule has 0 saturated heterocycles. The van der Waals surface area contributed by atoms with Gasteiger partial charge in [0.15, 0.2) is 0 Å². The van der Waals surface area contributed by atoms with Gasteiger partial charge in [0, 0.05) is 20.3 Å². The molecule has 0 aliphatic carbocycles. The predicted molar refractivity (Wildman–Crippen MR) is 46.1 cm³/mol. The van der Waals surface area contributed by atoms with Crippen LogP contribution in [0.25, 0.3) is 0 Å². The molecule has 56 valence electrons. The number of hydrogen-bond acceptors (Lipinski definition) is 1. The molecular weight excluding hydrogens is 124 g/mol. The lowest BCUT2D eigenvalue weighted by atomic mass is 10.6. The summed E-state index contributed by atoms with van der Waals surface area (Å²) >= 11 is 0. The van der Waals surface area contributed by atoms with Crippen molar-refractivity contribution in [2.75, 3.05) is 14.1 Å². The van der Waals surface area contributed by atoms with Crippen LogP contribution >= 0.6 is 0 Å². The quantitative estimate of drug-likeness (QED) is 0.322. The summed E-state index contributed by atoms with van der Waals surface area (Å²) in [5.41, 5.74) is 0. The second-order valence-corrected chi connectivity index (χ2v) is 2.15. The van der Waals surface area contributed by atoms with Crippen molar-refractivity contribution < 1.29 is 0 Å². The van der Waals surface area contributed by atoms with Crippen molar-refractivity contribution in [3.05, 3.63) is 24.9 Å². The Morgan fingerprint density at radius 2 is 2.10 bits per heavy atom. The summed E-state index contributed by atoms with van der Waals surface area (Å²) in [5.74, 6) is 0.984. The fourth-order valence-corrected chi connectivity index (χ4v) is 0.327. The highest BCUT2D eigenvalue weighted by atomic mass is 15.1. The van der Waals surface area contributed by atoms with E-state index in [1.807, 2.05) is 25.9 Å². The van der Waals surface area contributed by atoms with Crippen molar-refractivity contribution in [1.29, 1.82) is 0 Å². The molecule has 2 nitrogen and oxygen atoms in total. The van der Waals surface area contributed by atoms with E-state index in [0.717, 1.165) is 5.84 Å². The molecule has 0 radical (unpaired) electrons. The fraction of sp³-hybridized carbons (Fsp3) is 0.375. The van der Waals surface area contributed by atoms with Crippen LogP contribution in [0.1, 0.15) is 6.92 Å². The van der Waals surface area contributed by atoms with Gasteiger partial charge < -0.3 is 4.90 Å². The third kappa shape index (κ3) is 3.89. The van der Waals surface area contributed by atoms with Gasteiger partial charge in [-0.05, 0) is 13.0 Å². The van der Waals surface area contributed by atoms with E-state index in [4.69, 9.17) is 0 Å². The first kappa shape index (κ1) is 8.95. The molecular formula is C8H14N2. The number of rotatable bonds is 2. The molecule has 0 saturated carbocycles. The molecule has 0 aliphatic heterocycles. The van der Waals surface area contributed by atoms with Crippen LogP contribution < -0.4 is 0 Å². The summed E-state index contributed by atoms with van der Waals surface area (Å²) in [7, 11) is 3.92. The van der Waals surface area contributed by atoms with Crippen molar-refractivity contribution in [3.63, 3.8) is 0 Å². The predicted octanol–water partition coefficient (Wildman–Crippen LogP) is 1.67. The maximum absolute atomic E-state index is 4.10. The van der Waals surface area contributed by atoms with Gasteiger partial charge in [-0.15, -0.1) is 0 Å².